The third-order valence-electron chi connectivity index (χ3n) is 10.2. The van der Waals surface area contributed by atoms with Crippen LogP contribution in [0.5, 0.6) is 11.5 Å². The van der Waals surface area contributed by atoms with Crippen molar-refractivity contribution >= 4 is 35.3 Å². The molecule has 0 unspecified atom stereocenters. The Morgan fingerprint density at radius 3 is 2.41 bits per heavy atom. The molecule has 2 aliphatic carbocycles. The Kier molecular flexibility index (Phi) is 7.55. The largest absolute Gasteiger partial charge is 0.508 e. The number of carbonyl (C=O) groups excluding carboxylic acids is 4. The molecule has 0 aromatic heterocycles. The first-order chi connectivity index (χ1) is 21.1. The number of carboxylic acid groups (broad SMARTS) is 1. The molecule has 2 saturated heterocycles. The smallest absolute Gasteiger partial charge is 0.303 e. The lowest BCUT2D eigenvalue weighted by Crippen LogP contribution is -2.49. The number of likely N-dealkylation sites (tertiary alicyclic amines) is 1. The lowest BCUT2D eigenvalue weighted by atomic mass is 9.51. The van der Waals surface area contributed by atoms with Crippen LogP contribution in [0.3, 0.4) is 0 Å². The molecule has 2 aromatic rings. The summed E-state index contributed by atoms with van der Waals surface area (Å²) in [5.41, 5.74) is 0.325. The Morgan fingerprint density at radius 2 is 1.70 bits per heavy atom. The maximum Gasteiger partial charge on any atom is 0.303 e. The van der Waals surface area contributed by atoms with Crippen molar-refractivity contribution in [2.45, 2.75) is 51.4 Å². The van der Waals surface area contributed by atoms with Gasteiger partial charge in [-0.2, -0.15) is 0 Å². The van der Waals surface area contributed by atoms with Gasteiger partial charge in [-0.05, 0) is 62.8 Å². The number of methoxy groups -OCH3 is 1. The summed E-state index contributed by atoms with van der Waals surface area (Å²) < 4.78 is 5.68. The number of nitrogens with zero attached hydrogens (tertiary/aromatic N) is 2. The van der Waals surface area contributed by atoms with Gasteiger partial charge in [-0.15, -0.1) is 0 Å². The highest BCUT2D eigenvalue weighted by Crippen LogP contribution is 2.65. The monoisotopic (exact) mass is 600 g/mol. The number of rotatable bonds is 9. The lowest BCUT2D eigenvalue weighted by molar-refractivity contribution is -0.141. The molecular weight excluding hydrogens is 564 g/mol. The number of allylic oxidation sites excluding steroid dienone is 2. The van der Waals surface area contributed by atoms with E-state index in [9.17, 15) is 29.1 Å². The number of imide groups is 2. The third kappa shape index (κ3) is 4.41. The average Bonchev–Trinajstić information content (AvgIpc) is 3.37. The first-order valence-electron chi connectivity index (χ1n) is 15.2. The minimum Gasteiger partial charge on any atom is -0.508 e. The fourth-order valence-corrected chi connectivity index (χ4v) is 8.16. The second-order valence-corrected chi connectivity index (χ2v) is 12.4. The predicted octanol–water partition coefficient (Wildman–Crippen LogP) is 4.28. The van der Waals surface area contributed by atoms with Crippen LogP contribution in [0.1, 0.15) is 56.9 Å². The Labute approximate surface area is 255 Å². The van der Waals surface area contributed by atoms with Crippen molar-refractivity contribution < 1.29 is 38.9 Å². The molecule has 6 atom stereocenters. The van der Waals surface area contributed by atoms with Crippen LogP contribution in [0.2, 0.25) is 0 Å². The molecule has 44 heavy (non-hydrogen) atoms. The van der Waals surface area contributed by atoms with Crippen LogP contribution in [0.4, 0.5) is 5.69 Å². The number of fused-ring (bicyclic) bond motifs is 4. The highest BCUT2D eigenvalue weighted by atomic mass is 16.5. The Hall–Kier alpha value is -4.47. The van der Waals surface area contributed by atoms with Gasteiger partial charge in [0.15, 0.2) is 0 Å². The number of aliphatic carboxylic acids is 1. The van der Waals surface area contributed by atoms with Gasteiger partial charge >= 0.3 is 5.97 Å². The lowest BCUT2D eigenvalue weighted by Gasteiger charge is -2.49. The van der Waals surface area contributed by atoms with Crippen molar-refractivity contribution in [3.63, 3.8) is 0 Å². The molecule has 2 N–H and O–H groups in total. The quantitative estimate of drug-likeness (QED) is 0.247. The van der Waals surface area contributed by atoms with Crippen LogP contribution in [0, 0.1) is 29.1 Å². The number of ether oxygens (including phenoxy) is 1. The number of unbranched alkanes of at least 4 members (excludes halogenated alkanes) is 2. The van der Waals surface area contributed by atoms with Crippen molar-refractivity contribution in [1.29, 1.82) is 0 Å². The molecule has 6 rings (SSSR count). The number of phenolic OH excluding ortho intramolecular Hbond substituents is 1. The summed E-state index contributed by atoms with van der Waals surface area (Å²) >= 11 is 0. The summed E-state index contributed by atoms with van der Waals surface area (Å²) in [6, 6.07) is 13.6. The van der Waals surface area contributed by atoms with Crippen LogP contribution < -0.4 is 9.64 Å². The highest BCUT2D eigenvalue weighted by molar-refractivity contribution is 6.24. The Balaban J connectivity index is 1.41. The van der Waals surface area contributed by atoms with Gasteiger partial charge < -0.3 is 14.9 Å². The molecule has 0 spiro atoms. The number of amides is 4. The van der Waals surface area contributed by atoms with Gasteiger partial charge in [-0.25, -0.2) is 4.90 Å². The van der Waals surface area contributed by atoms with Gasteiger partial charge in [0, 0.05) is 24.4 Å². The Morgan fingerprint density at radius 1 is 0.955 bits per heavy atom. The summed E-state index contributed by atoms with van der Waals surface area (Å²) in [5.74, 6) is -5.24. The zero-order valence-electron chi connectivity index (χ0n) is 24.8. The molecule has 2 aliphatic heterocycles. The number of benzene rings is 2. The number of hydrogen-bond acceptors (Lipinski definition) is 7. The summed E-state index contributed by atoms with van der Waals surface area (Å²) in [5, 5.41) is 20.2. The molecule has 2 aromatic carbocycles. The van der Waals surface area contributed by atoms with E-state index in [1.807, 2.05) is 6.08 Å². The number of anilines is 1. The topological polar surface area (TPSA) is 142 Å². The third-order valence-corrected chi connectivity index (χ3v) is 10.2. The highest BCUT2D eigenvalue weighted by Gasteiger charge is 2.68. The number of para-hydroxylation sites is 1. The van der Waals surface area contributed by atoms with E-state index in [4.69, 9.17) is 9.84 Å². The maximum absolute atomic E-state index is 14.4. The van der Waals surface area contributed by atoms with E-state index >= 15 is 0 Å². The van der Waals surface area contributed by atoms with E-state index in [-0.39, 0.29) is 48.8 Å². The van der Waals surface area contributed by atoms with E-state index in [2.05, 4.69) is 0 Å². The zero-order valence-corrected chi connectivity index (χ0v) is 24.8. The molecule has 10 nitrogen and oxygen atoms in total. The van der Waals surface area contributed by atoms with Crippen LogP contribution in [-0.4, -0.2) is 58.4 Å². The van der Waals surface area contributed by atoms with Gasteiger partial charge in [-0.3, -0.25) is 28.9 Å². The van der Waals surface area contributed by atoms with Gasteiger partial charge in [-0.1, -0.05) is 42.3 Å². The molecule has 0 bridgehead atoms. The van der Waals surface area contributed by atoms with Crippen molar-refractivity contribution in [3.05, 3.63) is 65.7 Å². The van der Waals surface area contributed by atoms with Crippen LogP contribution in [0.15, 0.2) is 60.2 Å². The molecule has 2 heterocycles. The number of phenols is 1. The van der Waals surface area contributed by atoms with E-state index < -0.39 is 41.0 Å². The fraction of sp³-hybridized carbons (Fsp3) is 0.441. The molecule has 1 saturated carbocycles. The van der Waals surface area contributed by atoms with Crippen LogP contribution in [-0.2, 0) is 24.0 Å². The molecule has 4 amide bonds. The summed E-state index contributed by atoms with van der Waals surface area (Å²) in [4.78, 5) is 69.5. The van der Waals surface area contributed by atoms with E-state index in [0.29, 0.717) is 42.7 Å². The molecular formula is C34H36N2O8. The van der Waals surface area contributed by atoms with Crippen LogP contribution >= 0.6 is 0 Å². The van der Waals surface area contributed by atoms with Gasteiger partial charge in [0.25, 0.3) is 0 Å². The van der Waals surface area contributed by atoms with Crippen molar-refractivity contribution in [3.8, 4) is 11.5 Å². The zero-order chi connectivity index (χ0) is 31.3. The van der Waals surface area contributed by atoms with Gasteiger partial charge in [0.2, 0.25) is 23.6 Å². The maximum atomic E-state index is 14.4. The second-order valence-electron chi connectivity index (χ2n) is 12.4. The van der Waals surface area contributed by atoms with E-state index in [1.54, 1.807) is 49.4 Å². The average molecular weight is 601 g/mol. The van der Waals surface area contributed by atoms with Crippen LogP contribution in [0.25, 0.3) is 0 Å². The van der Waals surface area contributed by atoms with Crippen molar-refractivity contribution in [2.24, 2.45) is 29.1 Å². The molecule has 0 radical (unpaired) electrons. The number of hydrogen-bond donors (Lipinski definition) is 2. The molecule has 4 aliphatic rings. The molecule has 3 fully saturated rings. The number of aromatic hydroxyl groups is 1. The van der Waals surface area contributed by atoms with E-state index in [1.165, 1.54) is 23.0 Å². The molecule has 10 heteroatoms. The first kappa shape index (κ1) is 29.6. The van der Waals surface area contributed by atoms with Gasteiger partial charge in [0.05, 0.1) is 36.0 Å². The van der Waals surface area contributed by atoms with E-state index in [0.717, 1.165) is 5.57 Å². The minimum absolute atomic E-state index is 0.0343. The van der Waals surface area contributed by atoms with Gasteiger partial charge in [0.1, 0.15) is 11.5 Å². The normalized spacial score (nSPS) is 29.3. The fourth-order valence-electron chi connectivity index (χ4n) is 8.16. The second kappa shape index (κ2) is 11.2. The summed E-state index contributed by atoms with van der Waals surface area (Å²) in [6.07, 6.45) is 4.04. The SMILES string of the molecule is COc1cccc(O)c1[C@H]1C2=CC[C@@H]3C(=O)N(CCCCCC(=O)O)C(=O)[C@@H]3[C@@H]2C[C@H]2C(=O)N(c3ccccc3)C(=O)[C@@]12C. The standard InChI is InChI=1S/C34H36N2O8/c1-34-23(31(41)36(33(34)43)19-10-5-3-6-11-19)18-22-20(29(34)28-24(37)12-9-13-25(28)44-2)15-16-21-27(22)32(42)35(30(21)40)17-8-4-7-14-26(38)39/h3,5-6,9-13,15,21-23,27,29,37H,4,7-8,14,16-18H2,1-2H3,(H,38,39)/t21-,22+,23-,27-,29+,34+/m0/s1. The summed E-state index contributed by atoms with van der Waals surface area (Å²) in [6.45, 7) is 1.98. The number of carbonyl (C=O) groups is 5. The molecule has 230 valence electrons. The van der Waals surface area contributed by atoms with Crippen molar-refractivity contribution in [2.75, 3.05) is 18.6 Å². The first-order valence-corrected chi connectivity index (χ1v) is 15.2. The van der Waals surface area contributed by atoms with Crippen molar-refractivity contribution in [1.82, 2.24) is 4.90 Å². The number of carboxylic acids is 1. The Bertz CT molecular complexity index is 1570. The predicted molar refractivity (Wildman–Crippen MR) is 159 cm³/mol. The summed E-state index contributed by atoms with van der Waals surface area (Å²) in [7, 11) is 1.48. The minimum atomic E-state index is -1.29.